The highest BCUT2D eigenvalue weighted by Gasteiger charge is 2.28. The molecule has 1 aliphatic heterocycles. The standard InChI is InChI=1S/C14H20F2N2O/c1-2-5-18-6-7-19-13(9-18)14(17)11-4-3-10(15)8-12(11)16/h3-4,8,13-14H,2,5-7,9,17H2,1H3. The van der Waals surface area contributed by atoms with E-state index in [9.17, 15) is 8.78 Å². The molecule has 0 spiro atoms. The molecule has 0 aliphatic carbocycles. The fourth-order valence-electron chi connectivity index (χ4n) is 2.44. The molecule has 0 aromatic heterocycles. The first-order valence-electron chi connectivity index (χ1n) is 6.66. The minimum Gasteiger partial charge on any atom is -0.374 e. The largest absolute Gasteiger partial charge is 0.374 e. The van der Waals surface area contributed by atoms with Gasteiger partial charge in [-0.15, -0.1) is 0 Å². The van der Waals surface area contributed by atoms with Gasteiger partial charge in [0.25, 0.3) is 0 Å². The third kappa shape index (κ3) is 3.49. The van der Waals surface area contributed by atoms with Crippen molar-refractivity contribution in [1.29, 1.82) is 0 Å². The van der Waals surface area contributed by atoms with Crippen molar-refractivity contribution in [3.05, 3.63) is 35.4 Å². The van der Waals surface area contributed by atoms with Crippen LogP contribution in [0.25, 0.3) is 0 Å². The van der Waals surface area contributed by atoms with Crippen LogP contribution in [-0.4, -0.2) is 37.2 Å². The summed E-state index contributed by atoms with van der Waals surface area (Å²) in [4.78, 5) is 2.26. The molecule has 1 fully saturated rings. The number of rotatable bonds is 4. The highest BCUT2D eigenvalue weighted by Crippen LogP contribution is 2.23. The van der Waals surface area contributed by atoms with Gasteiger partial charge in [-0.3, -0.25) is 4.90 Å². The van der Waals surface area contributed by atoms with Gasteiger partial charge in [0, 0.05) is 24.7 Å². The maximum Gasteiger partial charge on any atom is 0.130 e. The van der Waals surface area contributed by atoms with Gasteiger partial charge in [-0.1, -0.05) is 13.0 Å². The van der Waals surface area contributed by atoms with Crippen molar-refractivity contribution in [2.24, 2.45) is 5.73 Å². The van der Waals surface area contributed by atoms with Gasteiger partial charge in [0.05, 0.1) is 18.8 Å². The number of nitrogens with zero attached hydrogens (tertiary/aromatic N) is 1. The van der Waals surface area contributed by atoms with Gasteiger partial charge in [0.15, 0.2) is 0 Å². The summed E-state index contributed by atoms with van der Waals surface area (Å²) in [5.41, 5.74) is 6.37. The first-order valence-corrected chi connectivity index (χ1v) is 6.66. The van der Waals surface area contributed by atoms with E-state index in [1.54, 1.807) is 0 Å². The van der Waals surface area contributed by atoms with E-state index in [-0.39, 0.29) is 6.10 Å². The first-order chi connectivity index (χ1) is 9.11. The van der Waals surface area contributed by atoms with Crippen molar-refractivity contribution in [1.82, 2.24) is 4.90 Å². The van der Waals surface area contributed by atoms with Crippen LogP contribution in [0.5, 0.6) is 0 Å². The summed E-state index contributed by atoms with van der Waals surface area (Å²) in [6.07, 6.45) is 0.813. The molecular weight excluding hydrogens is 250 g/mol. The molecular formula is C14H20F2N2O. The van der Waals surface area contributed by atoms with Crippen molar-refractivity contribution in [3.8, 4) is 0 Å². The second-order valence-corrected chi connectivity index (χ2v) is 4.90. The normalized spacial score (nSPS) is 22.4. The molecule has 106 valence electrons. The summed E-state index contributed by atoms with van der Waals surface area (Å²) in [7, 11) is 0. The van der Waals surface area contributed by atoms with E-state index in [1.807, 2.05) is 0 Å². The minimum atomic E-state index is -0.608. The average Bonchev–Trinajstić information content (AvgIpc) is 2.39. The summed E-state index contributed by atoms with van der Waals surface area (Å²) < 4.78 is 32.2. The van der Waals surface area contributed by atoms with Crippen molar-refractivity contribution in [2.75, 3.05) is 26.2 Å². The fourth-order valence-corrected chi connectivity index (χ4v) is 2.44. The lowest BCUT2D eigenvalue weighted by molar-refractivity contribution is -0.0412. The van der Waals surface area contributed by atoms with Crippen LogP contribution in [0, 0.1) is 11.6 Å². The maximum absolute atomic E-state index is 13.7. The lowest BCUT2D eigenvalue weighted by Gasteiger charge is -2.35. The van der Waals surface area contributed by atoms with Gasteiger partial charge < -0.3 is 10.5 Å². The van der Waals surface area contributed by atoms with E-state index in [0.29, 0.717) is 18.7 Å². The Balaban J connectivity index is 2.07. The van der Waals surface area contributed by atoms with Gasteiger partial charge in [0.2, 0.25) is 0 Å². The van der Waals surface area contributed by atoms with E-state index in [0.717, 1.165) is 25.6 Å². The second kappa shape index (κ2) is 6.41. The van der Waals surface area contributed by atoms with Crippen molar-refractivity contribution < 1.29 is 13.5 Å². The van der Waals surface area contributed by atoms with Gasteiger partial charge >= 0.3 is 0 Å². The Hall–Kier alpha value is -1.04. The molecule has 2 unspecified atom stereocenters. The van der Waals surface area contributed by atoms with E-state index in [4.69, 9.17) is 10.5 Å². The average molecular weight is 270 g/mol. The molecule has 0 radical (unpaired) electrons. The SMILES string of the molecule is CCCN1CCOC(C(N)c2ccc(F)cc2F)C1. The predicted molar refractivity (Wildman–Crippen MR) is 69.8 cm³/mol. The van der Waals surface area contributed by atoms with Gasteiger partial charge in [-0.2, -0.15) is 0 Å². The smallest absolute Gasteiger partial charge is 0.130 e. The maximum atomic E-state index is 13.7. The Bertz CT molecular complexity index is 426. The second-order valence-electron chi connectivity index (χ2n) is 4.90. The summed E-state index contributed by atoms with van der Waals surface area (Å²) >= 11 is 0. The highest BCUT2D eigenvalue weighted by molar-refractivity contribution is 5.23. The fraction of sp³-hybridized carbons (Fsp3) is 0.571. The van der Waals surface area contributed by atoms with Crippen LogP contribution in [0.4, 0.5) is 8.78 Å². The number of nitrogens with two attached hydrogens (primary N) is 1. The minimum absolute atomic E-state index is 0.250. The Morgan fingerprint density at radius 2 is 2.26 bits per heavy atom. The van der Waals surface area contributed by atoms with Crippen LogP contribution < -0.4 is 5.73 Å². The molecule has 0 saturated carbocycles. The summed E-state index contributed by atoms with van der Waals surface area (Å²) in [5, 5.41) is 0. The zero-order chi connectivity index (χ0) is 13.8. The number of halogens is 2. The summed E-state index contributed by atoms with van der Waals surface area (Å²) in [5.74, 6) is -1.20. The molecule has 0 amide bonds. The molecule has 1 aliphatic rings. The topological polar surface area (TPSA) is 38.5 Å². The highest BCUT2D eigenvalue weighted by atomic mass is 19.1. The quantitative estimate of drug-likeness (QED) is 0.910. The Morgan fingerprint density at radius 1 is 1.47 bits per heavy atom. The van der Waals surface area contributed by atoms with Crippen molar-refractivity contribution in [3.63, 3.8) is 0 Å². The van der Waals surface area contributed by atoms with Gasteiger partial charge in [-0.25, -0.2) is 8.78 Å². The van der Waals surface area contributed by atoms with Crippen molar-refractivity contribution >= 4 is 0 Å². The lowest BCUT2D eigenvalue weighted by Crippen LogP contribution is -2.47. The number of hydrogen-bond acceptors (Lipinski definition) is 3. The zero-order valence-electron chi connectivity index (χ0n) is 11.1. The molecule has 5 heteroatoms. The molecule has 19 heavy (non-hydrogen) atoms. The Labute approximate surface area is 112 Å². The molecule has 1 aromatic carbocycles. The predicted octanol–water partition coefficient (Wildman–Crippen LogP) is 2.08. The van der Waals surface area contributed by atoms with Crippen LogP contribution in [0.1, 0.15) is 24.9 Å². The van der Waals surface area contributed by atoms with Crippen molar-refractivity contribution in [2.45, 2.75) is 25.5 Å². The van der Waals surface area contributed by atoms with Crippen LogP contribution in [0.2, 0.25) is 0 Å². The molecule has 2 atom stereocenters. The molecule has 1 heterocycles. The van der Waals surface area contributed by atoms with E-state index in [2.05, 4.69) is 11.8 Å². The van der Waals surface area contributed by atoms with Gasteiger partial charge in [0.1, 0.15) is 11.6 Å². The zero-order valence-corrected chi connectivity index (χ0v) is 11.1. The van der Waals surface area contributed by atoms with Crippen LogP contribution >= 0.6 is 0 Å². The van der Waals surface area contributed by atoms with Gasteiger partial charge in [-0.05, 0) is 19.0 Å². The summed E-state index contributed by atoms with van der Waals surface area (Å²) in [6.45, 7) is 5.26. The third-order valence-electron chi connectivity index (χ3n) is 3.44. The molecule has 0 bridgehead atoms. The number of benzene rings is 1. The first kappa shape index (κ1) is 14.4. The molecule has 1 saturated heterocycles. The summed E-state index contributed by atoms with van der Waals surface area (Å²) in [6, 6.07) is 2.92. The van der Waals surface area contributed by atoms with E-state index >= 15 is 0 Å². The van der Waals surface area contributed by atoms with E-state index < -0.39 is 17.7 Å². The lowest BCUT2D eigenvalue weighted by atomic mass is 10.00. The number of ether oxygens (including phenoxy) is 1. The molecule has 1 aromatic rings. The number of hydrogen-bond donors (Lipinski definition) is 1. The Kier molecular flexibility index (Phi) is 4.85. The van der Waals surface area contributed by atoms with Crippen LogP contribution in [-0.2, 0) is 4.74 Å². The monoisotopic (exact) mass is 270 g/mol. The Morgan fingerprint density at radius 3 is 2.95 bits per heavy atom. The van der Waals surface area contributed by atoms with Crippen LogP contribution in [0.15, 0.2) is 18.2 Å². The molecule has 2 rings (SSSR count). The third-order valence-corrected chi connectivity index (χ3v) is 3.44. The van der Waals surface area contributed by atoms with Crippen LogP contribution in [0.3, 0.4) is 0 Å². The number of morpholine rings is 1. The van der Waals surface area contributed by atoms with E-state index in [1.165, 1.54) is 12.1 Å². The molecule has 3 nitrogen and oxygen atoms in total. The molecule has 2 N–H and O–H groups in total.